The Balaban J connectivity index is 2.16. The molecule has 4 nitrogen and oxygen atoms in total. The molecule has 1 aliphatic heterocycles. The van der Waals surface area contributed by atoms with Crippen LogP contribution in [0.1, 0.15) is 16.8 Å². The molecule has 2 N–H and O–H groups in total. The Morgan fingerprint density at radius 3 is 2.83 bits per heavy atom. The first kappa shape index (κ1) is 13.4. The summed E-state index contributed by atoms with van der Waals surface area (Å²) in [4.78, 5) is 16.5. The quantitative estimate of drug-likeness (QED) is 0.847. The van der Waals surface area contributed by atoms with E-state index in [0.717, 1.165) is 19.5 Å². The first-order valence-electron chi connectivity index (χ1n) is 6.00. The lowest BCUT2D eigenvalue weighted by Gasteiger charge is -2.21. The topological polar surface area (TPSA) is 49.6 Å². The fourth-order valence-corrected chi connectivity index (χ4v) is 2.67. The van der Waals surface area contributed by atoms with Crippen molar-refractivity contribution >= 4 is 27.5 Å². The van der Waals surface area contributed by atoms with Gasteiger partial charge < -0.3 is 15.5 Å². The number of benzene rings is 1. The molecule has 5 heteroatoms. The number of nitrogen functional groups attached to an aromatic ring is 1. The van der Waals surface area contributed by atoms with Crippen molar-refractivity contribution in [2.75, 3.05) is 32.9 Å². The van der Waals surface area contributed by atoms with Crippen molar-refractivity contribution in [3.8, 4) is 0 Å². The van der Waals surface area contributed by atoms with E-state index < -0.39 is 0 Å². The average Bonchev–Trinajstić information content (AvgIpc) is 2.81. The standard InChI is InChI=1S/C13H18BrN3O/c1-16(2)9-6-7-17(8-9)13(18)10-4-3-5-11(15)12(10)14/h3-5,9H,6-8,15H2,1-2H3. The second kappa shape index (κ2) is 5.28. The smallest absolute Gasteiger partial charge is 0.255 e. The molecular formula is C13H18BrN3O. The zero-order chi connectivity index (χ0) is 13.3. The van der Waals surface area contributed by atoms with Gasteiger partial charge in [0.05, 0.1) is 10.0 Å². The van der Waals surface area contributed by atoms with E-state index in [1.807, 2.05) is 17.0 Å². The fourth-order valence-electron chi connectivity index (χ4n) is 2.23. The molecule has 1 atom stereocenters. The summed E-state index contributed by atoms with van der Waals surface area (Å²) in [5.41, 5.74) is 7.06. The predicted molar refractivity (Wildman–Crippen MR) is 76.5 cm³/mol. The molecule has 0 spiro atoms. The van der Waals surface area contributed by atoms with Gasteiger partial charge >= 0.3 is 0 Å². The van der Waals surface area contributed by atoms with Crippen LogP contribution in [0.15, 0.2) is 22.7 Å². The van der Waals surface area contributed by atoms with Gasteiger partial charge in [0.15, 0.2) is 0 Å². The number of likely N-dealkylation sites (N-methyl/N-ethyl adjacent to an activating group) is 1. The molecule has 98 valence electrons. The molecular weight excluding hydrogens is 294 g/mol. The van der Waals surface area contributed by atoms with Crippen molar-refractivity contribution in [3.63, 3.8) is 0 Å². The van der Waals surface area contributed by atoms with E-state index in [1.165, 1.54) is 0 Å². The summed E-state index contributed by atoms with van der Waals surface area (Å²) < 4.78 is 0.698. The molecule has 0 aromatic heterocycles. The minimum Gasteiger partial charge on any atom is -0.398 e. The van der Waals surface area contributed by atoms with E-state index in [0.29, 0.717) is 21.8 Å². The molecule has 0 bridgehead atoms. The van der Waals surface area contributed by atoms with Crippen molar-refractivity contribution in [1.82, 2.24) is 9.80 Å². The first-order valence-corrected chi connectivity index (χ1v) is 6.79. The van der Waals surface area contributed by atoms with Gasteiger partial charge in [-0.25, -0.2) is 0 Å². The van der Waals surface area contributed by atoms with Gasteiger partial charge in [-0.15, -0.1) is 0 Å². The number of likely N-dealkylation sites (tertiary alicyclic amines) is 1. The highest BCUT2D eigenvalue weighted by Crippen LogP contribution is 2.26. The van der Waals surface area contributed by atoms with Crippen LogP contribution in [0.2, 0.25) is 0 Å². The highest BCUT2D eigenvalue weighted by molar-refractivity contribution is 9.10. The summed E-state index contributed by atoms with van der Waals surface area (Å²) in [6.45, 7) is 1.59. The minimum atomic E-state index is 0.0542. The first-order chi connectivity index (χ1) is 8.50. The maximum Gasteiger partial charge on any atom is 0.255 e. The van der Waals surface area contributed by atoms with Crippen LogP contribution in [0.4, 0.5) is 5.69 Å². The van der Waals surface area contributed by atoms with Gasteiger partial charge in [0.1, 0.15) is 0 Å². The highest BCUT2D eigenvalue weighted by Gasteiger charge is 2.29. The van der Waals surface area contributed by atoms with Gasteiger partial charge in [0.25, 0.3) is 5.91 Å². The van der Waals surface area contributed by atoms with Gasteiger partial charge in [0.2, 0.25) is 0 Å². The van der Waals surface area contributed by atoms with Crippen LogP contribution >= 0.6 is 15.9 Å². The van der Waals surface area contributed by atoms with Crippen molar-refractivity contribution in [2.45, 2.75) is 12.5 Å². The molecule has 1 aromatic carbocycles. The van der Waals surface area contributed by atoms with Crippen molar-refractivity contribution in [1.29, 1.82) is 0 Å². The number of halogens is 1. The molecule has 1 fully saturated rings. The normalized spacial score (nSPS) is 19.6. The van der Waals surface area contributed by atoms with Crippen LogP contribution in [0.5, 0.6) is 0 Å². The van der Waals surface area contributed by atoms with Gasteiger partial charge in [-0.05, 0) is 48.6 Å². The molecule has 2 rings (SSSR count). The van der Waals surface area contributed by atoms with Crippen molar-refractivity contribution < 1.29 is 4.79 Å². The van der Waals surface area contributed by atoms with E-state index in [-0.39, 0.29) is 5.91 Å². The summed E-state index contributed by atoms with van der Waals surface area (Å²) in [5.74, 6) is 0.0542. The Hall–Kier alpha value is -1.07. The van der Waals surface area contributed by atoms with E-state index in [9.17, 15) is 4.79 Å². The van der Waals surface area contributed by atoms with E-state index in [4.69, 9.17) is 5.73 Å². The number of anilines is 1. The number of nitrogens with two attached hydrogens (primary N) is 1. The van der Waals surface area contributed by atoms with Crippen LogP contribution in [0.3, 0.4) is 0 Å². The molecule has 0 radical (unpaired) electrons. The monoisotopic (exact) mass is 311 g/mol. The van der Waals surface area contributed by atoms with E-state index >= 15 is 0 Å². The summed E-state index contributed by atoms with van der Waals surface area (Å²) in [7, 11) is 4.10. The average molecular weight is 312 g/mol. The Bertz CT molecular complexity index is 462. The van der Waals surface area contributed by atoms with Gasteiger partial charge in [0, 0.05) is 24.8 Å². The highest BCUT2D eigenvalue weighted by atomic mass is 79.9. The number of carbonyl (C=O) groups is 1. The lowest BCUT2D eigenvalue weighted by Crippen LogP contribution is -2.34. The SMILES string of the molecule is CN(C)C1CCN(C(=O)c2cccc(N)c2Br)C1. The molecule has 1 heterocycles. The van der Waals surface area contributed by atoms with Crippen molar-refractivity contribution in [2.24, 2.45) is 0 Å². The number of carbonyl (C=O) groups excluding carboxylic acids is 1. The lowest BCUT2D eigenvalue weighted by molar-refractivity contribution is 0.0782. The van der Waals surface area contributed by atoms with Crippen LogP contribution in [0.25, 0.3) is 0 Å². The predicted octanol–water partition coefficient (Wildman–Crippen LogP) is 1.81. The molecule has 18 heavy (non-hydrogen) atoms. The Morgan fingerprint density at radius 1 is 1.50 bits per heavy atom. The summed E-state index contributed by atoms with van der Waals surface area (Å²) in [6.07, 6.45) is 1.03. The molecule has 1 unspecified atom stereocenters. The molecule has 1 amide bonds. The fraction of sp³-hybridized carbons (Fsp3) is 0.462. The lowest BCUT2D eigenvalue weighted by atomic mass is 10.2. The van der Waals surface area contributed by atoms with E-state index in [1.54, 1.807) is 6.07 Å². The van der Waals surface area contributed by atoms with Crippen molar-refractivity contribution in [3.05, 3.63) is 28.2 Å². The molecule has 0 aliphatic carbocycles. The summed E-state index contributed by atoms with van der Waals surface area (Å²) in [5, 5.41) is 0. The largest absolute Gasteiger partial charge is 0.398 e. The van der Waals surface area contributed by atoms with Gasteiger partial charge in [-0.3, -0.25) is 4.79 Å². The van der Waals surface area contributed by atoms with Gasteiger partial charge in [-0.2, -0.15) is 0 Å². The second-order valence-electron chi connectivity index (χ2n) is 4.87. The number of rotatable bonds is 2. The van der Waals surface area contributed by atoms with Gasteiger partial charge in [-0.1, -0.05) is 6.07 Å². The third kappa shape index (κ3) is 2.52. The molecule has 1 aliphatic rings. The molecule has 0 saturated carbocycles. The molecule has 1 saturated heterocycles. The Morgan fingerprint density at radius 2 is 2.22 bits per heavy atom. The zero-order valence-electron chi connectivity index (χ0n) is 10.7. The van der Waals surface area contributed by atoms with Crippen LogP contribution < -0.4 is 5.73 Å². The number of amides is 1. The third-order valence-corrected chi connectivity index (χ3v) is 4.32. The zero-order valence-corrected chi connectivity index (χ0v) is 12.3. The number of nitrogens with zero attached hydrogens (tertiary/aromatic N) is 2. The second-order valence-corrected chi connectivity index (χ2v) is 5.66. The summed E-state index contributed by atoms with van der Waals surface area (Å²) in [6, 6.07) is 5.86. The van der Waals surface area contributed by atoms with Crippen LogP contribution in [-0.4, -0.2) is 48.9 Å². The Kier molecular flexibility index (Phi) is 3.92. The van der Waals surface area contributed by atoms with E-state index in [2.05, 4.69) is 34.9 Å². The maximum absolute atomic E-state index is 12.4. The molecule has 1 aromatic rings. The third-order valence-electron chi connectivity index (χ3n) is 3.44. The Labute approximate surface area is 116 Å². The number of hydrogen-bond donors (Lipinski definition) is 1. The minimum absolute atomic E-state index is 0.0542. The van der Waals surface area contributed by atoms with Crippen LogP contribution in [0, 0.1) is 0 Å². The summed E-state index contributed by atoms with van der Waals surface area (Å²) >= 11 is 3.39. The number of hydrogen-bond acceptors (Lipinski definition) is 3. The maximum atomic E-state index is 12.4. The van der Waals surface area contributed by atoms with Crippen LogP contribution in [-0.2, 0) is 0 Å².